The normalized spacial score (nSPS) is 19.8. The lowest BCUT2D eigenvalue weighted by Gasteiger charge is -2.20. The van der Waals surface area contributed by atoms with Crippen molar-refractivity contribution in [2.24, 2.45) is 0 Å². The summed E-state index contributed by atoms with van der Waals surface area (Å²) in [4.78, 5) is 0. The van der Waals surface area contributed by atoms with Gasteiger partial charge in [0.15, 0.2) is 4.67 Å². The van der Waals surface area contributed by atoms with E-state index in [1.807, 2.05) is 6.07 Å². The molecule has 2 rings (SSSR count). The minimum Gasteiger partial charge on any atom is -0.457 e. The number of furan rings is 1. The number of hydrogen-bond donors (Lipinski definition) is 0. The first-order valence-corrected chi connectivity index (χ1v) is 4.98. The third-order valence-corrected chi connectivity index (χ3v) is 2.95. The van der Waals surface area contributed by atoms with Gasteiger partial charge >= 0.3 is 0 Å². The Balaban J connectivity index is 2.13. The molecule has 0 aromatic carbocycles. The Labute approximate surface area is 80.0 Å². The van der Waals surface area contributed by atoms with Crippen molar-refractivity contribution in [2.45, 2.75) is 18.8 Å². The van der Waals surface area contributed by atoms with Crippen molar-refractivity contribution in [2.75, 3.05) is 13.2 Å². The monoisotopic (exact) mass is 230 g/mol. The predicted molar refractivity (Wildman–Crippen MR) is 49.2 cm³/mol. The maximum Gasteiger partial charge on any atom is 0.172 e. The van der Waals surface area contributed by atoms with E-state index in [0.29, 0.717) is 5.92 Å². The van der Waals surface area contributed by atoms with Gasteiger partial charge in [0.05, 0.1) is 6.26 Å². The molecule has 3 heteroatoms. The summed E-state index contributed by atoms with van der Waals surface area (Å²) in [5.41, 5.74) is 1.29. The molecule has 66 valence electrons. The minimum atomic E-state index is 0.617. The quantitative estimate of drug-likeness (QED) is 0.741. The second-order valence-corrected chi connectivity index (χ2v) is 3.76. The van der Waals surface area contributed by atoms with Crippen molar-refractivity contribution in [3.63, 3.8) is 0 Å². The summed E-state index contributed by atoms with van der Waals surface area (Å²) in [6.45, 7) is 1.75. The van der Waals surface area contributed by atoms with Crippen molar-refractivity contribution in [3.8, 4) is 0 Å². The number of halogens is 1. The summed E-state index contributed by atoms with van der Waals surface area (Å²) in [6.07, 6.45) is 3.95. The molecule has 0 spiro atoms. The lowest BCUT2D eigenvalue weighted by atomic mass is 9.94. The van der Waals surface area contributed by atoms with E-state index in [1.165, 1.54) is 5.56 Å². The zero-order chi connectivity index (χ0) is 8.39. The zero-order valence-electron chi connectivity index (χ0n) is 6.75. The van der Waals surface area contributed by atoms with Crippen LogP contribution < -0.4 is 0 Å². The predicted octanol–water partition coefficient (Wildman–Crippen LogP) is 2.94. The fourth-order valence-corrected chi connectivity index (χ4v) is 2.17. The molecule has 0 radical (unpaired) electrons. The molecule has 1 fully saturated rings. The lowest BCUT2D eigenvalue weighted by molar-refractivity contribution is 0.0850. The molecule has 0 bridgehead atoms. The van der Waals surface area contributed by atoms with Crippen LogP contribution >= 0.6 is 15.9 Å². The molecule has 2 heterocycles. The van der Waals surface area contributed by atoms with Gasteiger partial charge in [0.2, 0.25) is 0 Å². The molecule has 2 nitrogen and oxygen atoms in total. The third kappa shape index (κ3) is 1.57. The van der Waals surface area contributed by atoms with Gasteiger partial charge < -0.3 is 9.15 Å². The number of hydrogen-bond acceptors (Lipinski definition) is 2. The molecule has 1 saturated heterocycles. The first kappa shape index (κ1) is 8.32. The Morgan fingerprint density at radius 1 is 1.33 bits per heavy atom. The smallest absolute Gasteiger partial charge is 0.172 e. The third-order valence-electron chi connectivity index (χ3n) is 2.31. The fraction of sp³-hybridized carbons (Fsp3) is 0.556. The molecule has 1 aliphatic rings. The summed E-state index contributed by atoms with van der Waals surface area (Å²) in [7, 11) is 0. The van der Waals surface area contributed by atoms with Crippen molar-refractivity contribution in [1.29, 1.82) is 0 Å². The second kappa shape index (κ2) is 3.62. The summed E-state index contributed by atoms with van der Waals surface area (Å²) in [6, 6.07) is 2.04. The summed E-state index contributed by atoms with van der Waals surface area (Å²) in [5, 5.41) is 0. The van der Waals surface area contributed by atoms with Gasteiger partial charge in [-0.3, -0.25) is 0 Å². The number of ether oxygens (including phenoxy) is 1. The summed E-state index contributed by atoms with van der Waals surface area (Å²) in [5.74, 6) is 0.617. The first-order valence-electron chi connectivity index (χ1n) is 4.18. The van der Waals surface area contributed by atoms with E-state index in [0.717, 1.165) is 30.7 Å². The molecule has 0 N–H and O–H groups in total. The summed E-state index contributed by atoms with van der Waals surface area (Å²) >= 11 is 3.39. The average Bonchev–Trinajstić information content (AvgIpc) is 2.53. The highest BCUT2D eigenvalue weighted by Gasteiger charge is 2.19. The molecule has 1 aromatic heterocycles. The topological polar surface area (TPSA) is 22.4 Å². The van der Waals surface area contributed by atoms with Crippen LogP contribution in [0.15, 0.2) is 21.4 Å². The Morgan fingerprint density at radius 3 is 2.67 bits per heavy atom. The van der Waals surface area contributed by atoms with Crippen LogP contribution in [0.5, 0.6) is 0 Å². The second-order valence-electron chi connectivity index (χ2n) is 3.04. The minimum absolute atomic E-state index is 0.617. The Hall–Kier alpha value is -0.280. The highest BCUT2D eigenvalue weighted by Crippen LogP contribution is 2.32. The standard InChI is InChI=1S/C9H11BrO2/c10-9-8(3-6-12-9)7-1-4-11-5-2-7/h3,6-7H,1-2,4-5H2. The van der Waals surface area contributed by atoms with Crippen molar-refractivity contribution in [3.05, 3.63) is 22.6 Å². The Bertz CT molecular complexity index is 251. The molecule has 1 aromatic rings. The van der Waals surface area contributed by atoms with Crippen LogP contribution in [0.25, 0.3) is 0 Å². The Kier molecular flexibility index (Phi) is 2.51. The number of rotatable bonds is 1. The van der Waals surface area contributed by atoms with Gasteiger partial charge in [-0.1, -0.05) is 0 Å². The van der Waals surface area contributed by atoms with Crippen LogP contribution in [-0.2, 0) is 4.74 Å². The van der Waals surface area contributed by atoms with Crippen molar-refractivity contribution in [1.82, 2.24) is 0 Å². The van der Waals surface area contributed by atoms with Crippen molar-refractivity contribution >= 4 is 15.9 Å². The molecule has 0 aliphatic carbocycles. The van der Waals surface area contributed by atoms with Gasteiger partial charge in [-0.15, -0.1) is 0 Å². The highest BCUT2D eigenvalue weighted by molar-refractivity contribution is 9.10. The van der Waals surface area contributed by atoms with E-state index in [2.05, 4.69) is 15.9 Å². The van der Waals surface area contributed by atoms with Gasteiger partial charge in [0.1, 0.15) is 0 Å². The Morgan fingerprint density at radius 2 is 2.08 bits per heavy atom. The van der Waals surface area contributed by atoms with Gasteiger partial charge in [-0.2, -0.15) is 0 Å². The van der Waals surface area contributed by atoms with Crippen LogP contribution in [0.1, 0.15) is 24.3 Å². The van der Waals surface area contributed by atoms with Crippen LogP contribution in [0.2, 0.25) is 0 Å². The highest BCUT2D eigenvalue weighted by atomic mass is 79.9. The molecule has 0 amide bonds. The largest absolute Gasteiger partial charge is 0.457 e. The van der Waals surface area contributed by atoms with Crippen molar-refractivity contribution < 1.29 is 9.15 Å². The van der Waals surface area contributed by atoms with Crippen LogP contribution in [0.4, 0.5) is 0 Å². The molecule has 12 heavy (non-hydrogen) atoms. The fourth-order valence-electron chi connectivity index (χ4n) is 1.61. The van der Waals surface area contributed by atoms with E-state index in [4.69, 9.17) is 9.15 Å². The van der Waals surface area contributed by atoms with Gasteiger partial charge in [0.25, 0.3) is 0 Å². The molecule has 0 unspecified atom stereocenters. The van der Waals surface area contributed by atoms with E-state index >= 15 is 0 Å². The molecule has 1 aliphatic heterocycles. The molecular formula is C9H11BrO2. The maximum atomic E-state index is 5.29. The zero-order valence-corrected chi connectivity index (χ0v) is 8.34. The first-order chi connectivity index (χ1) is 5.88. The lowest BCUT2D eigenvalue weighted by Crippen LogP contribution is -2.13. The molecule has 0 atom stereocenters. The SMILES string of the molecule is Brc1occc1C1CCOCC1. The van der Waals surface area contributed by atoms with E-state index in [1.54, 1.807) is 6.26 Å². The maximum absolute atomic E-state index is 5.29. The summed E-state index contributed by atoms with van der Waals surface area (Å²) < 4.78 is 11.4. The molecular weight excluding hydrogens is 220 g/mol. The van der Waals surface area contributed by atoms with Crippen LogP contribution in [0.3, 0.4) is 0 Å². The van der Waals surface area contributed by atoms with Crippen LogP contribution in [-0.4, -0.2) is 13.2 Å². The van der Waals surface area contributed by atoms with Gasteiger partial charge in [0, 0.05) is 18.8 Å². The van der Waals surface area contributed by atoms with E-state index < -0.39 is 0 Å². The van der Waals surface area contributed by atoms with Crippen LogP contribution in [0, 0.1) is 0 Å². The van der Waals surface area contributed by atoms with E-state index in [9.17, 15) is 0 Å². The molecule has 0 saturated carbocycles. The van der Waals surface area contributed by atoms with Gasteiger partial charge in [-0.05, 0) is 40.8 Å². The van der Waals surface area contributed by atoms with E-state index in [-0.39, 0.29) is 0 Å². The van der Waals surface area contributed by atoms with Gasteiger partial charge in [-0.25, -0.2) is 0 Å². The average molecular weight is 231 g/mol.